The lowest BCUT2D eigenvalue weighted by Gasteiger charge is -2.12. The molecule has 0 radical (unpaired) electrons. The average molecular weight is 480 g/mol. The fourth-order valence-electron chi connectivity index (χ4n) is 3.23. The molecular weight excluding hydrogens is 450 g/mol. The number of anilines is 1. The zero-order valence-electron chi connectivity index (χ0n) is 19.8. The Morgan fingerprint density at radius 1 is 1.15 bits per heavy atom. The summed E-state index contributed by atoms with van der Waals surface area (Å²) in [6.07, 6.45) is 4.08. The Labute approximate surface area is 203 Å². The van der Waals surface area contributed by atoms with Crippen molar-refractivity contribution in [1.29, 1.82) is 0 Å². The number of nitrogens with one attached hydrogen (secondary N) is 2. The second kappa shape index (κ2) is 12.0. The smallest absolute Gasteiger partial charge is 0.250 e. The molecule has 2 aromatic carbocycles. The highest BCUT2D eigenvalue weighted by atomic mass is 32.1. The molecule has 3 aromatic rings. The summed E-state index contributed by atoms with van der Waals surface area (Å²) in [5, 5.41) is 8.07. The summed E-state index contributed by atoms with van der Waals surface area (Å²) >= 11 is 1.36. The van der Waals surface area contributed by atoms with Crippen LogP contribution in [-0.4, -0.2) is 30.5 Å². The second-order valence-corrected chi connectivity index (χ2v) is 8.52. The highest BCUT2D eigenvalue weighted by molar-refractivity contribution is 7.14. The highest BCUT2D eigenvalue weighted by Crippen LogP contribution is 2.29. The minimum absolute atomic E-state index is 0.0661. The molecule has 0 saturated carbocycles. The van der Waals surface area contributed by atoms with Gasteiger partial charge in [-0.05, 0) is 42.7 Å². The molecule has 7 nitrogen and oxygen atoms in total. The molecule has 1 atom stereocenters. The third-order valence-corrected chi connectivity index (χ3v) is 5.69. The number of hydrogen-bond donors (Lipinski definition) is 2. The van der Waals surface area contributed by atoms with Crippen LogP contribution in [0.4, 0.5) is 5.13 Å². The van der Waals surface area contributed by atoms with E-state index < -0.39 is 0 Å². The van der Waals surface area contributed by atoms with Crippen LogP contribution in [0.2, 0.25) is 0 Å². The first kappa shape index (κ1) is 25.0. The molecule has 0 bridgehead atoms. The maximum atomic E-state index is 12.4. The van der Waals surface area contributed by atoms with Gasteiger partial charge in [-0.25, -0.2) is 4.98 Å². The summed E-state index contributed by atoms with van der Waals surface area (Å²) in [5.74, 6) is 0.963. The minimum atomic E-state index is -0.273. The van der Waals surface area contributed by atoms with E-state index in [1.807, 2.05) is 61.7 Å². The summed E-state index contributed by atoms with van der Waals surface area (Å²) < 4.78 is 11.0. The van der Waals surface area contributed by atoms with E-state index in [2.05, 4.69) is 15.6 Å². The van der Waals surface area contributed by atoms with Crippen molar-refractivity contribution in [2.75, 3.05) is 19.0 Å². The van der Waals surface area contributed by atoms with Crippen molar-refractivity contribution in [3.05, 3.63) is 65.0 Å². The monoisotopic (exact) mass is 479 g/mol. The van der Waals surface area contributed by atoms with Gasteiger partial charge in [0.05, 0.1) is 25.5 Å². The molecule has 1 aromatic heterocycles. The predicted octanol–water partition coefficient (Wildman–Crippen LogP) is 5.46. The molecule has 0 aliphatic carbocycles. The Morgan fingerprint density at radius 3 is 2.59 bits per heavy atom. The van der Waals surface area contributed by atoms with Gasteiger partial charge in [0.15, 0.2) is 16.6 Å². The molecule has 8 heteroatoms. The fourth-order valence-corrected chi connectivity index (χ4v) is 3.96. The number of carbonyl (C=O) groups excluding carboxylic acids is 2. The fraction of sp³-hybridized carbons (Fsp3) is 0.269. The summed E-state index contributed by atoms with van der Waals surface area (Å²) in [7, 11) is 1.59. The predicted molar refractivity (Wildman–Crippen MR) is 136 cm³/mol. The minimum Gasteiger partial charge on any atom is -0.493 e. The van der Waals surface area contributed by atoms with Crippen LogP contribution in [-0.2, 0) is 9.59 Å². The number of aromatic nitrogens is 1. The second-order valence-electron chi connectivity index (χ2n) is 7.66. The number of amides is 2. The molecule has 1 heterocycles. The third kappa shape index (κ3) is 6.92. The maximum absolute atomic E-state index is 12.4. The van der Waals surface area contributed by atoms with E-state index >= 15 is 0 Å². The van der Waals surface area contributed by atoms with Crippen LogP contribution in [0, 0.1) is 0 Å². The molecule has 0 aliphatic rings. The number of hydrogen-bond acceptors (Lipinski definition) is 6. The van der Waals surface area contributed by atoms with Crippen LogP contribution < -0.4 is 20.1 Å². The number of ether oxygens (including phenoxy) is 2. The van der Waals surface area contributed by atoms with Crippen LogP contribution in [0.25, 0.3) is 17.3 Å². The van der Waals surface area contributed by atoms with Gasteiger partial charge in [0.2, 0.25) is 11.8 Å². The van der Waals surface area contributed by atoms with Gasteiger partial charge in [-0.2, -0.15) is 0 Å². The van der Waals surface area contributed by atoms with Crippen molar-refractivity contribution in [2.24, 2.45) is 0 Å². The van der Waals surface area contributed by atoms with Crippen LogP contribution in [0.15, 0.2) is 53.9 Å². The number of nitrogens with zero attached hydrogens (tertiary/aromatic N) is 1. The molecule has 0 aliphatic heterocycles. The number of rotatable bonds is 10. The number of benzene rings is 2. The van der Waals surface area contributed by atoms with Gasteiger partial charge in [-0.3, -0.25) is 14.9 Å². The third-order valence-electron chi connectivity index (χ3n) is 4.94. The lowest BCUT2D eigenvalue weighted by molar-refractivity contribution is -0.119. The van der Waals surface area contributed by atoms with Gasteiger partial charge >= 0.3 is 0 Å². The SMILES string of the molecule is CCCOc1ccc(/C=C/C(=O)Nc2nc(-c3ccc(C(C)NC(C)=O)cc3)cs2)cc1OC. The van der Waals surface area contributed by atoms with E-state index in [1.54, 1.807) is 13.2 Å². The van der Waals surface area contributed by atoms with Crippen LogP contribution in [0.1, 0.15) is 44.4 Å². The normalized spacial score (nSPS) is 11.8. The summed E-state index contributed by atoms with van der Waals surface area (Å²) in [6, 6.07) is 13.3. The van der Waals surface area contributed by atoms with Crippen LogP contribution in [0.3, 0.4) is 0 Å². The Bertz CT molecular complexity index is 1160. The molecule has 0 spiro atoms. The van der Waals surface area contributed by atoms with Gasteiger partial charge in [0, 0.05) is 23.9 Å². The standard InChI is InChI=1S/C26H29N3O4S/c1-5-14-33-23-12-6-19(15-24(23)32-4)7-13-25(31)29-26-28-22(16-34-26)21-10-8-20(9-11-21)17(2)27-18(3)30/h6-13,15-17H,5,14H2,1-4H3,(H,27,30)(H,28,29,31)/b13-7+. The number of thiazole rings is 1. The van der Waals surface area contributed by atoms with Crippen molar-refractivity contribution in [2.45, 2.75) is 33.2 Å². The van der Waals surface area contributed by atoms with Gasteiger partial charge in [0.1, 0.15) is 0 Å². The number of methoxy groups -OCH3 is 1. The van der Waals surface area contributed by atoms with E-state index in [0.29, 0.717) is 23.2 Å². The quantitative estimate of drug-likeness (QED) is 0.377. The summed E-state index contributed by atoms with van der Waals surface area (Å²) in [5.41, 5.74) is 3.54. The Balaban J connectivity index is 1.61. The van der Waals surface area contributed by atoms with Gasteiger partial charge in [-0.15, -0.1) is 11.3 Å². The Hall–Kier alpha value is -3.65. The molecule has 0 saturated heterocycles. The van der Waals surface area contributed by atoms with Crippen LogP contribution in [0.5, 0.6) is 11.5 Å². The summed E-state index contributed by atoms with van der Waals surface area (Å²) in [4.78, 5) is 28.1. The van der Waals surface area contributed by atoms with E-state index in [9.17, 15) is 9.59 Å². The highest BCUT2D eigenvalue weighted by Gasteiger charge is 2.10. The zero-order chi connectivity index (χ0) is 24.5. The van der Waals surface area contributed by atoms with Crippen molar-refractivity contribution in [3.63, 3.8) is 0 Å². The lowest BCUT2D eigenvalue weighted by Crippen LogP contribution is -2.23. The molecule has 178 valence electrons. The lowest BCUT2D eigenvalue weighted by atomic mass is 10.1. The topological polar surface area (TPSA) is 89.5 Å². The van der Waals surface area contributed by atoms with Crippen molar-refractivity contribution in [3.8, 4) is 22.8 Å². The molecule has 0 fully saturated rings. The first-order chi connectivity index (χ1) is 16.4. The van der Waals surface area contributed by atoms with E-state index in [-0.39, 0.29) is 17.9 Å². The van der Waals surface area contributed by atoms with Crippen molar-refractivity contribution >= 4 is 34.4 Å². The van der Waals surface area contributed by atoms with E-state index in [4.69, 9.17) is 9.47 Å². The number of carbonyl (C=O) groups is 2. The molecule has 2 N–H and O–H groups in total. The average Bonchev–Trinajstić information content (AvgIpc) is 3.29. The maximum Gasteiger partial charge on any atom is 0.250 e. The zero-order valence-corrected chi connectivity index (χ0v) is 20.6. The van der Waals surface area contributed by atoms with E-state index in [0.717, 1.165) is 28.8 Å². The Morgan fingerprint density at radius 2 is 1.91 bits per heavy atom. The van der Waals surface area contributed by atoms with E-state index in [1.165, 1.54) is 24.3 Å². The molecule has 1 unspecified atom stereocenters. The molecular formula is C26H29N3O4S. The van der Waals surface area contributed by atoms with Gasteiger partial charge < -0.3 is 14.8 Å². The Kier molecular flexibility index (Phi) is 8.81. The largest absolute Gasteiger partial charge is 0.493 e. The molecule has 2 amide bonds. The van der Waals surface area contributed by atoms with Crippen LogP contribution >= 0.6 is 11.3 Å². The van der Waals surface area contributed by atoms with Crippen molar-refractivity contribution < 1.29 is 19.1 Å². The van der Waals surface area contributed by atoms with Crippen molar-refractivity contribution in [1.82, 2.24) is 10.3 Å². The first-order valence-electron chi connectivity index (χ1n) is 11.0. The van der Waals surface area contributed by atoms with Gasteiger partial charge in [-0.1, -0.05) is 37.3 Å². The first-order valence-corrected chi connectivity index (χ1v) is 11.9. The summed E-state index contributed by atoms with van der Waals surface area (Å²) in [6.45, 7) is 6.09. The van der Waals surface area contributed by atoms with Gasteiger partial charge in [0.25, 0.3) is 0 Å². The molecule has 34 heavy (non-hydrogen) atoms. The molecule has 3 rings (SSSR count).